The largest absolute Gasteiger partial charge is 0.508 e. The van der Waals surface area contributed by atoms with Crippen molar-refractivity contribution in [2.24, 2.45) is 0 Å². The monoisotopic (exact) mass is 1970 g/mol. The molecule has 20 aromatic rings. The Kier molecular flexibility index (Phi) is 29.2. The van der Waals surface area contributed by atoms with Gasteiger partial charge in [-0.3, -0.25) is 0 Å². The maximum atomic E-state index is 10.9. The summed E-state index contributed by atoms with van der Waals surface area (Å²) >= 11 is 0. The number of carbonyl (C=O) groups is 1. The van der Waals surface area contributed by atoms with E-state index in [4.69, 9.17) is 15.3 Å². The lowest BCUT2D eigenvalue weighted by atomic mass is 9.68. The van der Waals surface area contributed by atoms with E-state index in [1.54, 1.807) is 109 Å². The van der Waals surface area contributed by atoms with Gasteiger partial charge in [0.05, 0.1) is 18.1 Å². The molecule has 0 heterocycles. The highest BCUT2D eigenvalue weighted by Gasteiger charge is 2.46. The third-order valence-electron chi connectivity index (χ3n) is 27.6. The maximum Gasteiger partial charge on any atom is 0.338 e. The summed E-state index contributed by atoms with van der Waals surface area (Å²) in [6, 6.07) is 139. The first kappa shape index (κ1) is 101. The molecule has 0 amide bonds. The Morgan fingerprint density at radius 1 is 0.201 bits per heavy atom. The third kappa shape index (κ3) is 22.0. The van der Waals surface area contributed by atoms with Crippen LogP contribution in [-0.2, 0) is 26.4 Å². The predicted octanol–water partition coefficient (Wildman–Crippen LogP) is 29.2. The van der Waals surface area contributed by atoms with Crippen LogP contribution in [0.5, 0.6) is 92.0 Å². The van der Waals surface area contributed by atoms with Crippen molar-refractivity contribution in [3.05, 3.63) is 516 Å². The van der Waals surface area contributed by atoms with E-state index in [-0.39, 0.29) is 91.1 Å². The second-order valence-electron chi connectivity index (χ2n) is 37.8. The number of ether oxygens (including phenoxy) is 1. The highest BCUT2D eigenvalue weighted by molar-refractivity contribution is 5.92. The fraction of sp³-hybridized carbons (Fsp3) is 0.0763. The van der Waals surface area contributed by atoms with Crippen LogP contribution in [0, 0.1) is 0 Å². The molecule has 21 rings (SSSR count). The molecule has 0 saturated carbocycles. The van der Waals surface area contributed by atoms with E-state index in [0.717, 1.165) is 129 Å². The number of methoxy groups -OCH3 is 1. The molecule has 740 valence electrons. The van der Waals surface area contributed by atoms with Crippen molar-refractivity contribution in [2.75, 3.05) is 7.11 Å². The molecule has 1 aliphatic rings. The lowest BCUT2D eigenvalue weighted by Crippen LogP contribution is -2.28. The first-order valence-electron chi connectivity index (χ1n) is 48.1. The number of fused-ring (bicyclic) bond motifs is 3. The summed E-state index contributed by atoms with van der Waals surface area (Å²) in [6.45, 7) is 10.8. The van der Waals surface area contributed by atoms with Gasteiger partial charge < -0.3 is 86.4 Å². The Bertz CT molecular complexity index is 7590. The molecule has 0 aliphatic heterocycles. The van der Waals surface area contributed by atoms with E-state index in [1.807, 2.05) is 206 Å². The fourth-order valence-corrected chi connectivity index (χ4v) is 19.3. The molecule has 0 saturated heterocycles. The van der Waals surface area contributed by atoms with Crippen LogP contribution in [0.4, 0.5) is 0 Å². The number of esters is 1. The van der Waals surface area contributed by atoms with Gasteiger partial charge >= 0.3 is 5.97 Å². The average Bonchev–Trinajstić information content (AvgIpc) is 1.54. The summed E-state index contributed by atoms with van der Waals surface area (Å²) in [4.78, 5) is 10.9. The molecule has 0 unspecified atom stereocenters. The van der Waals surface area contributed by atoms with Gasteiger partial charge in [-0.25, -0.2) is 4.79 Å². The van der Waals surface area contributed by atoms with Crippen molar-refractivity contribution in [1.29, 1.82) is 0 Å². The van der Waals surface area contributed by atoms with Gasteiger partial charge in [-0.15, -0.1) is 0 Å². The Labute approximate surface area is 863 Å². The smallest absolute Gasteiger partial charge is 0.338 e. The van der Waals surface area contributed by atoms with Crippen molar-refractivity contribution < 1.29 is 91.2 Å². The van der Waals surface area contributed by atoms with Gasteiger partial charge in [-0.1, -0.05) is 307 Å². The number of carbonyl (C=O) groups excluding carboxylic acids is 1. The first-order chi connectivity index (χ1) is 71.6. The van der Waals surface area contributed by atoms with Gasteiger partial charge in [0.25, 0.3) is 0 Å². The number of rotatable bonds is 18. The van der Waals surface area contributed by atoms with Crippen LogP contribution in [0.15, 0.2) is 449 Å². The highest BCUT2D eigenvalue weighted by atomic mass is 16.5. The lowest BCUT2D eigenvalue weighted by Gasteiger charge is -2.33. The molecule has 149 heavy (non-hydrogen) atoms. The standard InChI is InChI=1S/C42H30O6.C29H28O3.C27H24O2.C25H18O2.C8H8O5/c43-37-16-34(17-38(44)22-37)28-7-1-25(2-8-28)31-13-32(26-3-9-29(10-4-26)35-18-39(45)23-40(46)19-35)15-33(14-31)27-5-11-30(12-6-27)36-20-41(47)24-42(48)21-36;1-28(2,21-8-14-25(30)15-9-21)20-4-6-22(7-5-20)29(3,23-10-16-26(31)17-11-23)24-12-18-27(32)19-13-24;1-27(2,21-13-15-25(28)23(17-21)19-9-5-3-6-10-19)22-14-16-26(29)24(18-22)20-11-7-4-8-12-20;26-19-13-9-17(10-14-19)25(18-11-15-20(27)16-12-18)23-7-3-1-5-21(23)22-6-2-4-8-24(22)25;1-13-8(12)4-2-5(9)7(11)6(10)3-4/h1-24,43-48H;4-19,30-32H,1-3H3;3-18,28-29H,1-2H3;1-16,26-27H;2-3,9-11H,1H3. The van der Waals surface area contributed by atoms with Gasteiger partial charge in [0.1, 0.15) is 74.7 Å². The molecule has 18 nitrogen and oxygen atoms in total. The zero-order valence-corrected chi connectivity index (χ0v) is 82.2. The van der Waals surface area contributed by atoms with Crippen LogP contribution in [-0.4, -0.2) is 94.8 Å². The number of hydrogen-bond donors (Lipinski definition) is 16. The first-order valence-corrected chi connectivity index (χ1v) is 48.1. The molecule has 16 N–H and O–H groups in total. The van der Waals surface area contributed by atoms with E-state index in [0.29, 0.717) is 16.7 Å². The molecule has 0 atom stereocenters. The molecule has 0 spiro atoms. The Hall–Kier alpha value is -19.3. The zero-order chi connectivity index (χ0) is 105. The zero-order valence-electron chi connectivity index (χ0n) is 82.2. The summed E-state index contributed by atoms with van der Waals surface area (Å²) < 4.78 is 4.34. The summed E-state index contributed by atoms with van der Waals surface area (Å²) in [5.74, 6) is -0.796. The Balaban J connectivity index is 0.000000133. The van der Waals surface area contributed by atoms with Crippen molar-refractivity contribution in [3.63, 3.8) is 0 Å². The molecule has 20 aromatic carbocycles. The van der Waals surface area contributed by atoms with Crippen molar-refractivity contribution >= 4 is 5.97 Å². The number of aromatic hydroxyl groups is 16. The highest BCUT2D eigenvalue weighted by Crippen LogP contribution is 2.57. The molecule has 18 heteroatoms. The Morgan fingerprint density at radius 2 is 0.443 bits per heavy atom. The van der Waals surface area contributed by atoms with Crippen LogP contribution in [0.3, 0.4) is 0 Å². The minimum Gasteiger partial charge on any atom is -0.508 e. The predicted molar refractivity (Wildman–Crippen MR) is 587 cm³/mol. The van der Waals surface area contributed by atoms with E-state index in [2.05, 4.69) is 142 Å². The molecule has 0 aromatic heterocycles. The van der Waals surface area contributed by atoms with Gasteiger partial charge in [0.2, 0.25) is 0 Å². The van der Waals surface area contributed by atoms with Crippen LogP contribution in [0.25, 0.3) is 100 Å². The maximum absolute atomic E-state index is 10.9. The summed E-state index contributed by atoms with van der Waals surface area (Å²) in [7, 11) is 1.17. The molecule has 0 fully saturated rings. The lowest BCUT2D eigenvalue weighted by molar-refractivity contribution is 0.0599. The second kappa shape index (κ2) is 43.1. The summed E-state index contributed by atoms with van der Waals surface area (Å²) in [5, 5.41) is 157. The van der Waals surface area contributed by atoms with Crippen molar-refractivity contribution in [2.45, 2.75) is 56.3 Å². The number of phenols is 16. The molecular formula is C131H108O18. The summed E-state index contributed by atoms with van der Waals surface area (Å²) in [5.41, 5.74) is 27.3. The Morgan fingerprint density at radius 3 is 0.738 bits per heavy atom. The molecule has 1 aliphatic carbocycles. The normalized spacial score (nSPS) is 11.7. The van der Waals surface area contributed by atoms with Crippen LogP contribution in [0.2, 0.25) is 0 Å². The van der Waals surface area contributed by atoms with Crippen LogP contribution in [0.1, 0.15) is 106 Å². The topological polar surface area (TPSA) is 350 Å². The molecule has 0 radical (unpaired) electrons. The third-order valence-corrected chi connectivity index (χ3v) is 27.6. The van der Waals surface area contributed by atoms with Crippen LogP contribution >= 0.6 is 0 Å². The van der Waals surface area contributed by atoms with Gasteiger partial charge in [-0.05, 0) is 309 Å². The van der Waals surface area contributed by atoms with Crippen molar-refractivity contribution in [1.82, 2.24) is 0 Å². The van der Waals surface area contributed by atoms with Crippen molar-refractivity contribution in [3.8, 4) is 192 Å². The number of benzene rings is 20. The van der Waals surface area contributed by atoms with E-state index < -0.39 is 34.0 Å². The van der Waals surface area contributed by atoms with E-state index >= 15 is 0 Å². The molecular weight excluding hydrogens is 1860 g/mol. The van der Waals surface area contributed by atoms with Gasteiger partial charge in [0.15, 0.2) is 17.2 Å². The molecule has 0 bridgehead atoms. The van der Waals surface area contributed by atoms with Gasteiger partial charge in [-0.2, -0.15) is 0 Å². The quantitative estimate of drug-likeness (QED) is 0.0216. The minimum absolute atomic E-state index is 0.00908. The SMILES string of the molecule is CC(C)(c1ccc(O)c(-c2ccccc2)c1)c1ccc(O)c(-c2ccccc2)c1.CC(C)(c1ccc(O)cc1)c1ccc(C(C)(c2ccc(O)cc2)c2ccc(O)cc2)cc1.COC(=O)c1cc(O)c(O)c(O)c1.Oc1cc(O)cc(-c2ccc(-c3cc(-c4ccc(-c5cc(O)cc(O)c5)cc4)cc(-c4ccc(-c5cc(O)cc(O)c5)cc4)c3)cc2)c1.Oc1ccc(C2(c3ccc(O)cc3)c3ccccc3-c3ccccc32)cc1. The number of phenolic OH excluding ortho intramolecular Hbond substituents is 16. The van der Waals surface area contributed by atoms with E-state index in [1.165, 1.54) is 53.1 Å². The fourth-order valence-electron chi connectivity index (χ4n) is 19.3. The average molecular weight is 1970 g/mol. The van der Waals surface area contributed by atoms with Gasteiger partial charge in [0, 0.05) is 45.6 Å². The minimum atomic E-state index is -0.703. The second-order valence-corrected chi connectivity index (χ2v) is 37.8. The van der Waals surface area contributed by atoms with Crippen LogP contribution < -0.4 is 0 Å². The van der Waals surface area contributed by atoms with E-state index in [9.17, 15) is 71.2 Å². The number of hydrogen-bond acceptors (Lipinski definition) is 18. The summed E-state index contributed by atoms with van der Waals surface area (Å²) in [6.07, 6.45) is 0.